The van der Waals surface area contributed by atoms with Gasteiger partial charge in [-0.2, -0.15) is 5.10 Å². The normalized spacial score (nSPS) is 10.8. The van der Waals surface area contributed by atoms with E-state index >= 15 is 0 Å². The van der Waals surface area contributed by atoms with Crippen molar-refractivity contribution in [2.75, 3.05) is 7.11 Å². The lowest BCUT2D eigenvalue weighted by Crippen LogP contribution is -2.17. The minimum atomic E-state index is -0.565. The van der Waals surface area contributed by atoms with Crippen molar-refractivity contribution in [1.29, 1.82) is 0 Å². The molecule has 0 saturated heterocycles. The van der Waals surface area contributed by atoms with Crippen molar-refractivity contribution < 1.29 is 24.2 Å². The number of nitrogens with one attached hydrogen (secondary N) is 1. The number of nitrogens with zero attached hydrogens (tertiary/aromatic N) is 2. The summed E-state index contributed by atoms with van der Waals surface area (Å²) in [6.45, 7) is 0. The van der Waals surface area contributed by atoms with Crippen molar-refractivity contribution >= 4 is 28.9 Å². The van der Waals surface area contributed by atoms with E-state index in [1.54, 1.807) is 42.6 Å². The number of fused-ring (bicyclic) bond motifs is 1. The van der Waals surface area contributed by atoms with Crippen LogP contribution in [0.5, 0.6) is 17.2 Å². The maximum atomic E-state index is 12.5. The number of amides is 1. The summed E-state index contributed by atoms with van der Waals surface area (Å²) >= 11 is 0. The quantitative estimate of drug-likeness (QED) is 0.203. The predicted molar refractivity (Wildman–Crippen MR) is 123 cm³/mol. The second-order valence-corrected chi connectivity index (χ2v) is 6.96. The largest absolute Gasteiger partial charge is 0.507 e. The number of hydrogen-bond donors (Lipinski definition) is 2. The van der Waals surface area contributed by atoms with E-state index in [4.69, 9.17) is 9.47 Å². The van der Waals surface area contributed by atoms with Gasteiger partial charge in [-0.25, -0.2) is 10.2 Å². The summed E-state index contributed by atoms with van der Waals surface area (Å²) in [5, 5.41) is 15.8. The minimum Gasteiger partial charge on any atom is -0.507 e. The van der Waals surface area contributed by atoms with E-state index in [1.165, 1.54) is 25.6 Å². The van der Waals surface area contributed by atoms with Gasteiger partial charge in [0.2, 0.25) is 0 Å². The number of phenols is 1. The Morgan fingerprint density at radius 2 is 1.79 bits per heavy atom. The van der Waals surface area contributed by atoms with Crippen LogP contribution in [-0.4, -0.2) is 35.3 Å². The van der Waals surface area contributed by atoms with Gasteiger partial charge in [0, 0.05) is 12.4 Å². The predicted octanol–water partition coefficient (Wildman–Crippen LogP) is 3.93. The number of hydrazone groups is 1. The Kier molecular flexibility index (Phi) is 6.26. The van der Waals surface area contributed by atoms with E-state index in [2.05, 4.69) is 15.5 Å². The van der Waals surface area contributed by atoms with E-state index < -0.39 is 11.9 Å². The van der Waals surface area contributed by atoms with E-state index in [1.807, 2.05) is 24.3 Å². The molecule has 0 aliphatic heterocycles. The number of pyridine rings is 1. The molecule has 0 atom stereocenters. The number of hydrogen-bond acceptors (Lipinski definition) is 7. The van der Waals surface area contributed by atoms with Crippen LogP contribution < -0.4 is 14.9 Å². The number of ether oxygens (including phenoxy) is 2. The highest BCUT2D eigenvalue weighted by molar-refractivity contribution is 6.01. The number of rotatable bonds is 6. The summed E-state index contributed by atoms with van der Waals surface area (Å²) in [5.41, 5.74) is 3.41. The Hall–Kier alpha value is -4.72. The molecule has 0 saturated carbocycles. The zero-order chi connectivity index (χ0) is 23.2. The molecule has 0 radical (unpaired) electrons. The van der Waals surface area contributed by atoms with Gasteiger partial charge in [-0.3, -0.25) is 9.78 Å². The van der Waals surface area contributed by atoms with E-state index in [-0.39, 0.29) is 17.1 Å². The topological polar surface area (TPSA) is 110 Å². The number of carbonyl (C=O) groups is 2. The average Bonchev–Trinajstić information content (AvgIpc) is 2.84. The van der Waals surface area contributed by atoms with Crippen LogP contribution in [0.25, 0.3) is 10.8 Å². The van der Waals surface area contributed by atoms with Crippen molar-refractivity contribution in [2.24, 2.45) is 5.10 Å². The standard InChI is InChI=1S/C25H19N3O5/c1-32-23-11-16(8-9-22(23)33-25(31)19-7-4-10-26-15-19)14-27-28-24(30)20-12-17-5-2-3-6-18(17)13-21(20)29/h2-15,29H,1H3,(H,28,30)/b27-14-. The van der Waals surface area contributed by atoms with Crippen LogP contribution in [-0.2, 0) is 0 Å². The van der Waals surface area contributed by atoms with Crippen LogP contribution in [0.4, 0.5) is 0 Å². The highest BCUT2D eigenvalue weighted by atomic mass is 16.6. The fraction of sp³-hybridized carbons (Fsp3) is 0.0400. The summed E-state index contributed by atoms with van der Waals surface area (Å²) in [5.74, 6) is -0.708. The highest BCUT2D eigenvalue weighted by Crippen LogP contribution is 2.28. The number of benzene rings is 3. The first-order valence-corrected chi connectivity index (χ1v) is 9.90. The van der Waals surface area contributed by atoms with Gasteiger partial charge in [-0.1, -0.05) is 24.3 Å². The van der Waals surface area contributed by atoms with Gasteiger partial charge in [0.1, 0.15) is 5.75 Å². The van der Waals surface area contributed by atoms with Gasteiger partial charge < -0.3 is 14.6 Å². The lowest BCUT2D eigenvalue weighted by Gasteiger charge is -2.10. The number of phenolic OH excluding ortho intramolecular Hbond substituents is 1. The molecule has 8 nitrogen and oxygen atoms in total. The maximum absolute atomic E-state index is 12.5. The zero-order valence-corrected chi connectivity index (χ0v) is 17.6. The van der Waals surface area contributed by atoms with Gasteiger partial charge in [0.05, 0.1) is 24.5 Å². The first kappa shape index (κ1) is 21.5. The Morgan fingerprint density at radius 3 is 2.52 bits per heavy atom. The van der Waals surface area contributed by atoms with Crippen LogP contribution >= 0.6 is 0 Å². The zero-order valence-electron chi connectivity index (χ0n) is 17.6. The van der Waals surface area contributed by atoms with Gasteiger partial charge in [0.15, 0.2) is 11.5 Å². The highest BCUT2D eigenvalue weighted by Gasteiger charge is 2.14. The van der Waals surface area contributed by atoms with Crippen LogP contribution in [0.2, 0.25) is 0 Å². The van der Waals surface area contributed by atoms with Crippen LogP contribution in [0, 0.1) is 0 Å². The van der Waals surface area contributed by atoms with E-state index in [0.717, 1.165) is 10.8 Å². The van der Waals surface area contributed by atoms with Gasteiger partial charge in [-0.05, 0) is 58.8 Å². The summed E-state index contributed by atoms with van der Waals surface area (Å²) in [6, 6.07) is 18.6. The fourth-order valence-electron chi connectivity index (χ4n) is 3.13. The molecule has 33 heavy (non-hydrogen) atoms. The molecule has 0 fully saturated rings. The smallest absolute Gasteiger partial charge is 0.345 e. The van der Waals surface area contributed by atoms with Gasteiger partial charge in [0.25, 0.3) is 5.91 Å². The van der Waals surface area contributed by atoms with Gasteiger partial charge in [-0.15, -0.1) is 0 Å². The summed E-state index contributed by atoms with van der Waals surface area (Å²) < 4.78 is 10.7. The maximum Gasteiger partial charge on any atom is 0.345 e. The first-order valence-electron chi connectivity index (χ1n) is 9.90. The van der Waals surface area contributed by atoms with E-state index in [0.29, 0.717) is 16.9 Å². The molecule has 0 aliphatic rings. The third-order valence-corrected chi connectivity index (χ3v) is 4.78. The lowest BCUT2D eigenvalue weighted by molar-refractivity contribution is 0.0729. The van der Waals surface area contributed by atoms with Crippen molar-refractivity contribution in [3.05, 3.63) is 95.8 Å². The number of esters is 1. The molecule has 0 unspecified atom stereocenters. The molecule has 1 amide bonds. The number of methoxy groups -OCH3 is 1. The third-order valence-electron chi connectivity index (χ3n) is 4.78. The second kappa shape index (κ2) is 9.61. The Balaban J connectivity index is 1.45. The summed E-state index contributed by atoms with van der Waals surface area (Å²) in [7, 11) is 1.45. The first-order chi connectivity index (χ1) is 16.0. The van der Waals surface area contributed by atoms with Crippen molar-refractivity contribution in [3.8, 4) is 17.2 Å². The lowest BCUT2D eigenvalue weighted by atomic mass is 10.1. The molecular formula is C25H19N3O5. The molecule has 8 heteroatoms. The van der Waals surface area contributed by atoms with Crippen LogP contribution in [0.15, 0.2) is 84.2 Å². The number of aromatic hydroxyl groups is 1. The molecule has 3 aromatic carbocycles. The molecule has 1 heterocycles. The fourth-order valence-corrected chi connectivity index (χ4v) is 3.13. The molecule has 164 valence electrons. The average molecular weight is 441 g/mol. The molecule has 1 aromatic heterocycles. The van der Waals surface area contributed by atoms with E-state index in [9.17, 15) is 14.7 Å². The number of carbonyl (C=O) groups excluding carboxylic acids is 2. The summed E-state index contributed by atoms with van der Waals surface area (Å²) in [6.07, 6.45) is 4.38. The van der Waals surface area contributed by atoms with Crippen LogP contribution in [0.1, 0.15) is 26.3 Å². The Bertz CT molecular complexity index is 1350. The Morgan fingerprint density at radius 1 is 1.00 bits per heavy atom. The molecule has 4 aromatic rings. The second-order valence-electron chi connectivity index (χ2n) is 6.96. The third kappa shape index (κ3) is 4.96. The monoisotopic (exact) mass is 441 g/mol. The molecule has 2 N–H and O–H groups in total. The number of aromatic nitrogens is 1. The van der Waals surface area contributed by atoms with Crippen LogP contribution in [0.3, 0.4) is 0 Å². The summed E-state index contributed by atoms with van der Waals surface area (Å²) in [4.78, 5) is 28.6. The molecule has 0 aliphatic carbocycles. The Labute approximate surface area is 189 Å². The van der Waals surface area contributed by atoms with Gasteiger partial charge >= 0.3 is 5.97 Å². The molecular weight excluding hydrogens is 422 g/mol. The van der Waals surface area contributed by atoms with Crippen molar-refractivity contribution in [1.82, 2.24) is 10.4 Å². The van der Waals surface area contributed by atoms with Crippen molar-refractivity contribution in [3.63, 3.8) is 0 Å². The molecule has 4 rings (SSSR count). The SMILES string of the molecule is COc1cc(/C=N\NC(=O)c2cc3ccccc3cc2O)ccc1OC(=O)c1cccnc1. The van der Waals surface area contributed by atoms with Crippen molar-refractivity contribution in [2.45, 2.75) is 0 Å². The minimum absolute atomic E-state index is 0.112. The molecule has 0 spiro atoms. The molecule has 0 bridgehead atoms.